The molecule has 2 rings (SSSR count). The summed E-state index contributed by atoms with van der Waals surface area (Å²) in [5, 5.41) is 12.9. The van der Waals surface area contributed by atoms with Crippen LogP contribution in [0.4, 0.5) is 0 Å². The van der Waals surface area contributed by atoms with Crippen LogP contribution in [0.2, 0.25) is 0 Å². The molecular weight excluding hydrogens is 329 g/mol. The van der Waals surface area contributed by atoms with E-state index in [1.54, 1.807) is 13.8 Å². The minimum absolute atomic E-state index is 0.561. The molecule has 17 heavy (non-hydrogen) atoms. The number of halogens is 1. The molecule has 0 atom stereocenters. The van der Waals surface area contributed by atoms with Gasteiger partial charge in [-0.2, -0.15) is 0 Å². The van der Waals surface area contributed by atoms with Gasteiger partial charge in [-0.1, -0.05) is 6.07 Å². The lowest BCUT2D eigenvalue weighted by Crippen LogP contribution is -2.34. The summed E-state index contributed by atoms with van der Waals surface area (Å²) in [5.74, 6) is 0. The molecule has 0 unspecified atom stereocenters. The number of aliphatic hydroxyl groups is 1. The third-order valence-electron chi connectivity index (χ3n) is 2.44. The standard InChI is InChI=1S/C12H16IN3O/c1-12(2,17)8-14-6-9-4-3-5-16-10(13)7-15-11(9)16/h3-5,7,14,17H,6,8H2,1-2H3. The molecule has 0 radical (unpaired) electrons. The molecule has 0 aliphatic rings. The van der Waals surface area contributed by atoms with Gasteiger partial charge in [0.25, 0.3) is 0 Å². The van der Waals surface area contributed by atoms with Crippen LogP contribution in [0.15, 0.2) is 24.5 Å². The molecule has 0 saturated heterocycles. The van der Waals surface area contributed by atoms with Gasteiger partial charge in [-0.25, -0.2) is 4.98 Å². The second kappa shape index (κ2) is 4.91. The fourth-order valence-corrected chi connectivity index (χ4v) is 2.21. The predicted molar refractivity (Wildman–Crippen MR) is 75.9 cm³/mol. The van der Waals surface area contributed by atoms with Crippen LogP contribution in [0.3, 0.4) is 0 Å². The first-order valence-corrected chi connectivity index (χ1v) is 6.59. The molecule has 0 amide bonds. The molecule has 2 N–H and O–H groups in total. The average Bonchev–Trinajstić information content (AvgIpc) is 2.60. The molecule has 2 aromatic heterocycles. The maximum absolute atomic E-state index is 9.63. The maximum Gasteiger partial charge on any atom is 0.142 e. The smallest absolute Gasteiger partial charge is 0.142 e. The third-order valence-corrected chi connectivity index (χ3v) is 3.24. The summed E-state index contributed by atoms with van der Waals surface area (Å²) >= 11 is 2.26. The van der Waals surface area contributed by atoms with Gasteiger partial charge in [0, 0.05) is 24.8 Å². The average molecular weight is 345 g/mol. The van der Waals surface area contributed by atoms with Crippen molar-refractivity contribution < 1.29 is 5.11 Å². The zero-order valence-electron chi connectivity index (χ0n) is 9.94. The number of nitrogens with one attached hydrogen (secondary N) is 1. The Kier molecular flexibility index (Phi) is 3.70. The van der Waals surface area contributed by atoms with Crippen LogP contribution in [0.1, 0.15) is 19.4 Å². The third kappa shape index (κ3) is 3.17. The molecule has 4 nitrogen and oxygen atoms in total. The fraction of sp³-hybridized carbons (Fsp3) is 0.417. The highest BCUT2D eigenvalue weighted by atomic mass is 127. The van der Waals surface area contributed by atoms with Gasteiger partial charge in [0.2, 0.25) is 0 Å². The second-order valence-corrected chi connectivity index (χ2v) is 5.83. The predicted octanol–water partition coefficient (Wildman–Crippen LogP) is 1.80. The molecule has 0 saturated carbocycles. The lowest BCUT2D eigenvalue weighted by Gasteiger charge is -2.17. The number of hydrogen-bond acceptors (Lipinski definition) is 3. The lowest BCUT2D eigenvalue weighted by atomic mass is 10.1. The number of imidazole rings is 1. The molecule has 5 heteroatoms. The van der Waals surface area contributed by atoms with Crippen molar-refractivity contribution in [2.75, 3.05) is 6.54 Å². The number of rotatable bonds is 4. The Morgan fingerprint density at radius 2 is 2.29 bits per heavy atom. The van der Waals surface area contributed by atoms with Gasteiger partial charge in [-0.3, -0.25) is 4.40 Å². The molecule has 0 spiro atoms. The largest absolute Gasteiger partial charge is 0.389 e. The topological polar surface area (TPSA) is 49.6 Å². The summed E-state index contributed by atoms with van der Waals surface area (Å²) < 4.78 is 3.16. The van der Waals surface area contributed by atoms with E-state index in [-0.39, 0.29) is 0 Å². The summed E-state index contributed by atoms with van der Waals surface area (Å²) in [6, 6.07) is 4.06. The van der Waals surface area contributed by atoms with Crippen molar-refractivity contribution in [1.29, 1.82) is 0 Å². The zero-order valence-corrected chi connectivity index (χ0v) is 12.1. The summed E-state index contributed by atoms with van der Waals surface area (Å²) in [7, 11) is 0. The highest BCUT2D eigenvalue weighted by Crippen LogP contribution is 2.13. The van der Waals surface area contributed by atoms with Gasteiger partial charge in [-0.05, 0) is 42.5 Å². The number of hydrogen-bond donors (Lipinski definition) is 2. The van der Waals surface area contributed by atoms with Crippen molar-refractivity contribution in [3.8, 4) is 0 Å². The highest BCUT2D eigenvalue weighted by Gasteiger charge is 2.12. The number of pyridine rings is 1. The van der Waals surface area contributed by atoms with Crippen molar-refractivity contribution >= 4 is 28.2 Å². The Bertz CT molecular complexity index is 516. The molecule has 0 aliphatic heterocycles. The van der Waals surface area contributed by atoms with Gasteiger partial charge in [0.15, 0.2) is 0 Å². The lowest BCUT2D eigenvalue weighted by molar-refractivity contribution is 0.0795. The van der Waals surface area contributed by atoms with Crippen molar-refractivity contribution in [1.82, 2.24) is 14.7 Å². The van der Waals surface area contributed by atoms with Crippen LogP contribution in [-0.2, 0) is 6.54 Å². The van der Waals surface area contributed by atoms with E-state index in [0.29, 0.717) is 13.1 Å². The molecule has 0 aliphatic carbocycles. The molecule has 0 bridgehead atoms. The maximum atomic E-state index is 9.63. The first kappa shape index (κ1) is 12.8. The van der Waals surface area contributed by atoms with Crippen LogP contribution in [-0.4, -0.2) is 26.6 Å². The molecule has 0 fully saturated rings. The molecule has 0 aromatic carbocycles. The summed E-state index contributed by atoms with van der Waals surface area (Å²) in [5.41, 5.74) is 1.43. The van der Waals surface area contributed by atoms with Crippen molar-refractivity contribution in [3.05, 3.63) is 33.8 Å². The summed E-state index contributed by atoms with van der Waals surface area (Å²) in [6.45, 7) is 4.85. The Morgan fingerprint density at radius 1 is 1.53 bits per heavy atom. The fourth-order valence-electron chi connectivity index (χ4n) is 1.68. The monoisotopic (exact) mass is 345 g/mol. The van der Waals surface area contributed by atoms with Crippen molar-refractivity contribution in [3.63, 3.8) is 0 Å². The van der Waals surface area contributed by atoms with Crippen LogP contribution >= 0.6 is 22.6 Å². The van der Waals surface area contributed by atoms with E-state index in [4.69, 9.17) is 0 Å². The van der Waals surface area contributed by atoms with E-state index < -0.39 is 5.60 Å². The quantitative estimate of drug-likeness (QED) is 0.831. The minimum atomic E-state index is -0.686. The van der Waals surface area contributed by atoms with Gasteiger partial charge >= 0.3 is 0 Å². The van der Waals surface area contributed by atoms with E-state index in [2.05, 4.69) is 43.4 Å². The molecule has 92 valence electrons. The minimum Gasteiger partial charge on any atom is -0.389 e. The first-order chi connectivity index (χ1) is 7.97. The van der Waals surface area contributed by atoms with Gasteiger partial charge in [0.1, 0.15) is 9.35 Å². The van der Waals surface area contributed by atoms with E-state index in [1.165, 1.54) is 0 Å². The van der Waals surface area contributed by atoms with Gasteiger partial charge in [-0.15, -0.1) is 0 Å². The first-order valence-electron chi connectivity index (χ1n) is 5.51. The Hall–Kier alpha value is -0.660. The molecule has 2 aromatic rings. The Balaban J connectivity index is 2.14. The Labute approximate surface area is 114 Å². The Morgan fingerprint density at radius 3 is 3.00 bits per heavy atom. The SMILES string of the molecule is CC(C)(O)CNCc1cccn2c(I)cnc12. The highest BCUT2D eigenvalue weighted by molar-refractivity contribution is 14.1. The van der Waals surface area contributed by atoms with Crippen LogP contribution in [0.25, 0.3) is 5.65 Å². The van der Waals surface area contributed by atoms with Crippen molar-refractivity contribution in [2.24, 2.45) is 0 Å². The van der Waals surface area contributed by atoms with Gasteiger partial charge < -0.3 is 10.4 Å². The van der Waals surface area contributed by atoms with Crippen LogP contribution in [0, 0.1) is 3.70 Å². The van der Waals surface area contributed by atoms with Crippen LogP contribution in [0.5, 0.6) is 0 Å². The second-order valence-electron chi connectivity index (χ2n) is 4.72. The van der Waals surface area contributed by atoms with E-state index >= 15 is 0 Å². The number of fused-ring (bicyclic) bond motifs is 1. The van der Waals surface area contributed by atoms with Crippen LogP contribution < -0.4 is 5.32 Å². The zero-order chi connectivity index (χ0) is 12.5. The molecule has 2 heterocycles. The molecular formula is C12H16IN3O. The number of aromatic nitrogens is 2. The summed E-state index contributed by atoms with van der Waals surface area (Å²) in [6.07, 6.45) is 3.86. The van der Waals surface area contributed by atoms with Crippen molar-refractivity contribution in [2.45, 2.75) is 26.0 Å². The normalized spacial score (nSPS) is 12.2. The van der Waals surface area contributed by atoms with Gasteiger partial charge in [0.05, 0.1) is 11.8 Å². The summed E-state index contributed by atoms with van der Waals surface area (Å²) in [4.78, 5) is 4.39. The van der Waals surface area contributed by atoms with E-state index in [9.17, 15) is 5.11 Å². The number of nitrogens with zero attached hydrogens (tertiary/aromatic N) is 2. The van der Waals surface area contributed by atoms with E-state index in [1.807, 2.05) is 18.5 Å². The van der Waals surface area contributed by atoms with E-state index in [0.717, 1.165) is 14.9 Å².